The van der Waals surface area contributed by atoms with Crippen LogP contribution in [0, 0.1) is 5.92 Å². The number of rotatable bonds is 15. The summed E-state index contributed by atoms with van der Waals surface area (Å²) in [6.45, 7) is 7.76. The third-order valence-corrected chi connectivity index (χ3v) is 5.22. The maximum absolute atomic E-state index is 6.08. The van der Waals surface area contributed by atoms with E-state index in [1.54, 1.807) is 0 Å². The van der Waals surface area contributed by atoms with Gasteiger partial charge in [-0.1, -0.05) is 12.8 Å². The first-order chi connectivity index (χ1) is 11.8. The molecule has 0 radical (unpaired) electrons. The van der Waals surface area contributed by atoms with Crippen LogP contribution in [0.5, 0.6) is 0 Å². The summed E-state index contributed by atoms with van der Waals surface area (Å²) in [5, 5.41) is 0. The van der Waals surface area contributed by atoms with Crippen LogP contribution in [0.4, 0.5) is 0 Å². The molecular weight excluding hydrogens is 300 g/mol. The molecule has 1 saturated carbocycles. The molecule has 24 heavy (non-hydrogen) atoms. The maximum atomic E-state index is 6.08. The minimum atomic E-state index is 0.531. The molecule has 0 atom stereocenters. The Morgan fingerprint density at radius 1 is 0.917 bits per heavy atom. The fourth-order valence-corrected chi connectivity index (χ4v) is 3.56. The Hall–Kier alpha value is -0.160. The minimum absolute atomic E-state index is 0.531. The van der Waals surface area contributed by atoms with E-state index in [4.69, 9.17) is 15.2 Å². The summed E-state index contributed by atoms with van der Waals surface area (Å²) in [6.07, 6.45) is 13.4. The Labute approximate surface area is 150 Å². The summed E-state index contributed by atoms with van der Waals surface area (Å²) in [5.74, 6) is 0.910. The molecule has 2 N–H and O–H groups in total. The molecule has 0 aliphatic heterocycles. The van der Waals surface area contributed by atoms with Gasteiger partial charge in [-0.05, 0) is 84.3 Å². The van der Waals surface area contributed by atoms with Gasteiger partial charge in [0, 0.05) is 19.8 Å². The SMILES string of the molecule is CCOCCN(C)CCCCCCO[C@H]1CC[C@H](CCCN)CC1. The van der Waals surface area contributed by atoms with E-state index in [2.05, 4.69) is 18.9 Å². The Balaban J connectivity index is 1.85. The number of hydrogen-bond donors (Lipinski definition) is 1. The Morgan fingerprint density at radius 2 is 1.67 bits per heavy atom. The number of likely N-dealkylation sites (N-methyl/N-ethyl adjacent to an activating group) is 1. The molecule has 1 aliphatic rings. The molecule has 0 heterocycles. The van der Waals surface area contributed by atoms with Gasteiger partial charge in [0.05, 0.1) is 12.7 Å². The molecule has 1 aliphatic carbocycles. The average Bonchev–Trinajstić information content (AvgIpc) is 2.60. The predicted octanol–water partition coefficient (Wildman–Crippen LogP) is 3.83. The standard InChI is InChI=1S/C20H42N2O2/c1-3-23-18-16-22(2)15-6-4-5-7-17-24-20-12-10-19(11-13-20)9-8-14-21/h19-20H,3-18,21H2,1-2H3/t19-,20-. The third kappa shape index (κ3) is 11.4. The topological polar surface area (TPSA) is 47.7 Å². The molecule has 0 saturated heterocycles. The van der Waals surface area contributed by atoms with Crippen LogP contribution in [-0.4, -0.2) is 57.5 Å². The normalized spacial score (nSPS) is 21.5. The van der Waals surface area contributed by atoms with Gasteiger partial charge in [-0.3, -0.25) is 0 Å². The summed E-state index contributed by atoms with van der Waals surface area (Å²) in [5.41, 5.74) is 5.60. The van der Waals surface area contributed by atoms with Gasteiger partial charge in [0.15, 0.2) is 0 Å². The molecule has 0 aromatic carbocycles. The summed E-state index contributed by atoms with van der Waals surface area (Å²) in [4.78, 5) is 2.37. The highest BCUT2D eigenvalue weighted by Gasteiger charge is 2.20. The minimum Gasteiger partial charge on any atom is -0.380 e. The summed E-state index contributed by atoms with van der Waals surface area (Å²) in [6, 6.07) is 0. The van der Waals surface area contributed by atoms with E-state index < -0.39 is 0 Å². The first-order valence-electron chi connectivity index (χ1n) is 10.3. The second-order valence-corrected chi connectivity index (χ2v) is 7.36. The van der Waals surface area contributed by atoms with Crippen molar-refractivity contribution in [2.75, 3.05) is 46.5 Å². The van der Waals surface area contributed by atoms with Gasteiger partial charge in [-0.25, -0.2) is 0 Å². The van der Waals surface area contributed by atoms with Crippen LogP contribution >= 0.6 is 0 Å². The molecule has 1 fully saturated rings. The molecule has 0 unspecified atom stereocenters. The van der Waals surface area contributed by atoms with E-state index in [1.165, 1.54) is 70.8 Å². The smallest absolute Gasteiger partial charge is 0.0593 e. The highest BCUT2D eigenvalue weighted by atomic mass is 16.5. The van der Waals surface area contributed by atoms with Crippen molar-refractivity contribution in [1.29, 1.82) is 0 Å². The van der Waals surface area contributed by atoms with Crippen molar-refractivity contribution in [2.24, 2.45) is 11.7 Å². The monoisotopic (exact) mass is 342 g/mol. The summed E-state index contributed by atoms with van der Waals surface area (Å²) in [7, 11) is 2.19. The van der Waals surface area contributed by atoms with Crippen molar-refractivity contribution in [3.05, 3.63) is 0 Å². The molecule has 0 aromatic rings. The van der Waals surface area contributed by atoms with Crippen LogP contribution in [-0.2, 0) is 9.47 Å². The van der Waals surface area contributed by atoms with E-state index in [-0.39, 0.29) is 0 Å². The fraction of sp³-hybridized carbons (Fsp3) is 1.00. The third-order valence-electron chi connectivity index (χ3n) is 5.22. The maximum Gasteiger partial charge on any atom is 0.0593 e. The molecule has 0 bridgehead atoms. The predicted molar refractivity (Wildman–Crippen MR) is 102 cm³/mol. The summed E-state index contributed by atoms with van der Waals surface area (Å²) < 4.78 is 11.5. The lowest BCUT2D eigenvalue weighted by Crippen LogP contribution is -2.24. The zero-order chi connectivity index (χ0) is 17.5. The van der Waals surface area contributed by atoms with E-state index >= 15 is 0 Å². The highest BCUT2D eigenvalue weighted by molar-refractivity contribution is 4.73. The van der Waals surface area contributed by atoms with Crippen LogP contribution < -0.4 is 5.73 Å². The van der Waals surface area contributed by atoms with Crippen molar-refractivity contribution in [3.63, 3.8) is 0 Å². The largest absolute Gasteiger partial charge is 0.380 e. The van der Waals surface area contributed by atoms with Crippen molar-refractivity contribution < 1.29 is 9.47 Å². The van der Waals surface area contributed by atoms with Crippen LogP contribution in [0.25, 0.3) is 0 Å². The van der Waals surface area contributed by atoms with E-state index in [1.807, 2.05) is 0 Å². The van der Waals surface area contributed by atoms with Gasteiger partial charge in [0.25, 0.3) is 0 Å². The van der Waals surface area contributed by atoms with E-state index in [0.29, 0.717) is 6.10 Å². The van der Waals surface area contributed by atoms with Crippen LogP contribution in [0.15, 0.2) is 0 Å². The molecule has 144 valence electrons. The first kappa shape index (κ1) is 21.9. The van der Waals surface area contributed by atoms with E-state index in [9.17, 15) is 0 Å². The Bertz CT molecular complexity index is 268. The zero-order valence-corrected chi connectivity index (χ0v) is 16.3. The molecule has 0 amide bonds. The van der Waals surface area contributed by atoms with Gasteiger partial charge in [0.2, 0.25) is 0 Å². The first-order valence-corrected chi connectivity index (χ1v) is 10.3. The molecular formula is C20H42N2O2. The van der Waals surface area contributed by atoms with Gasteiger partial charge >= 0.3 is 0 Å². The molecule has 4 heteroatoms. The lowest BCUT2D eigenvalue weighted by Gasteiger charge is -2.28. The van der Waals surface area contributed by atoms with E-state index in [0.717, 1.165) is 38.8 Å². The Morgan fingerprint density at radius 3 is 2.38 bits per heavy atom. The highest BCUT2D eigenvalue weighted by Crippen LogP contribution is 2.29. The molecule has 4 nitrogen and oxygen atoms in total. The average molecular weight is 343 g/mol. The lowest BCUT2D eigenvalue weighted by atomic mass is 9.84. The van der Waals surface area contributed by atoms with Gasteiger partial charge < -0.3 is 20.1 Å². The van der Waals surface area contributed by atoms with Gasteiger partial charge in [-0.2, -0.15) is 0 Å². The number of nitrogens with two attached hydrogens (primary N) is 1. The number of unbranched alkanes of at least 4 members (excludes halogenated alkanes) is 3. The molecule has 0 aromatic heterocycles. The van der Waals surface area contributed by atoms with Crippen LogP contribution in [0.3, 0.4) is 0 Å². The van der Waals surface area contributed by atoms with Gasteiger partial charge in [-0.15, -0.1) is 0 Å². The lowest BCUT2D eigenvalue weighted by molar-refractivity contribution is 0.0151. The van der Waals surface area contributed by atoms with Gasteiger partial charge in [0.1, 0.15) is 0 Å². The number of nitrogens with zero attached hydrogens (tertiary/aromatic N) is 1. The van der Waals surface area contributed by atoms with Crippen molar-refractivity contribution in [2.45, 2.75) is 77.2 Å². The number of hydrogen-bond acceptors (Lipinski definition) is 4. The fourth-order valence-electron chi connectivity index (χ4n) is 3.56. The van der Waals surface area contributed by atoms with Crippen LogP contribution in [0.2, 0.25) is 0 Å². The van der Waals surface area contributed by atoms with Crippen molar-refractivity contribution in [3.8, 4) is 0 Å². The van der Waals surface area contributed by atoms with Crippen molar-refractivity contribution >= 4 is 0 Å². The van der Waals surface area contributed by atoms with Crippen molar-refractivity contribution in [1.82, 2.24) is 4.90 Å². The second kappa shape index (κ2) is 15.1. The quantitative estimate of drug-likeness (QED) is 0.460. The zero-order valence-electron chi connectivity index (χ0n) is 16.3. The number of ether oxygens (including phenoxy) is 2. The Kier molecular flexibility index (Phi) is 13.8. The second-order valence-electron chi connectivity index (χ2n) is 7.36. The molecule has 1 rings (SSSR count). The molecule has 0 spiro atoms. The van der Waals surface area contributed by atoms with Crippen LogP contribution in [0.1, 0.15) is 71.1 Å². The summed E-state index contributed by atoms with van der Waals surface area (Å²) >= 11 is 0.